The summed E-state index contributed by atoms with van der Waals surface area (Å²) in [4.78, 5) is 0. The van der Waals surface area contributed by atoms with E-state index in [1.54, 1.807) is 0 Å². The molecule has 18 heavy (non-hydrogen) atoms. The van der Waals surface area contributed by atoms with Crippen LogP contribution in [-0.2, 0) is 10.2 Å². The number of ether oxygens (including phenoxy) is 1. The van der Waals surface area contributed by atoms with E-state index in [1.807, 2.05) is 12.1 Å². The Hall–Kier alpha value is -2.02. The molecule has 0 spiro atoms. The van der Waals surface area contributed by atoms with Crippen LogP contribution in [0, 0.1) is 0 Å². The van der Waals surface area contributed by atoms with E-state index in [-0.39, 0.29) is 5.41 Å². The molecule has 1 nitrogen and oxygen atoms in total. The van der Waals surface area contributed by atoms with Crippen molar-refractivity contribution in [3.63, 3.8) is 0 Å². The van der Waals surface area contributed by atoms with Crippen LogP contribution in [0.3, 0.4) is 0 Å². The van der Waals surface area contributed by atoms with Gasteiger partial charge in [0.1, 0.15) is 5.76 Å². The van der Waals surface area contributed by atoms with Crippen molar-refractivity contribution in [2.75, 3.05) is 6.61 Å². The van der Waals surface area contributed by atoms with E-state index in [0.717, 1.165) is 18.8 Å². The van der Waals surface area contributed by atoms with Gasteiger partial charge in [0.05, 0.1) is 12.0 Å². The third-order valence-corrected chi connectivity index (χ3v) is 3.76. The molecular formula is C17H16O. The summed E-state index contributed by atoms with van der Waals surface area (Å²) in [6.45, 7) is 4.88. The fourth-order valence-corrected chi connectivity index (χ4v) is 2.81. The van der Waals surface area contributed by atoms with Crippen molar-refractivity contribution < 1.29 is 4.74 Å². The molecule has 0 N–H and O–H groups in total. The van der Waals surface area contributed by atoms with Gasteiger partial charge in [0.15, 0.2) is 0 Å². The molecule has 2 aromatic rings. The third-order valence-electron chi connectivity index (χ3n) is 3.76. The molecule has 0 aromatic heterocycles. The Morgan fingerprint density at radius 1 is 0.833 bits per heavy atom. The molecule has 2 aromatic carbocycles. The van der Waals surface area contributed by atoms with Crippen LogP contribution < -0.4 is 0 Å². The maximum atomic E-state index is 5.68. The summed E-state index contributed by atoms with van der Waals surface area (Å²) in [7, 11) is 0. The normalized spacial score (nSPS) is 17.4. The van der Waals surface area contributed by atoms with Crippen LogP contribution >= 0.6 is 0 Å². The van der Waals surface area contributed by atoms with E-state index in [2.05, 4.69) is 55.1 Å². The molecule has 0 bridgehead atoms. The first-order chi connectivity index (χ1) is 8.84. The fraction of sp³-hybridized carbons (Fsp3) is 0.176. The predicted molar refractivity (Wildman–Crippen MR) is 73.4 cm³/mol. The van der Waals surface area contributed by atoms with Crippen LogP contribution in [0.5, 0.6) is 0 Å². The quantitative estimate of drug-likeness (QED) is 0.768. The van der Waals surface area contributed by atoms with Gasteiger partial charge >= 0.3 is 0 Å². The van der Waals surface area contributed by atoms with Gasteiger partial charge in [-0.1, -0.05) is 67.2 Å². The molecule has 1 heteroatoms. The summed E-state index contributed by atoms with van der Waals surface area (Å²) < 4.78 is 5.68. The number of rotatable bonds is 2. The number of allylic oxidation sites excluding steroid dienone is 1. The Kier molecular flexibility index (Phi) is 2.67. The molecule has 0 aliphatic carbocycles. The Morgan fingerprint density at radius 3 is 1.72 bits per heavy atom. The molecule has 0 radical (unpaired) electrons. The Bertz CT molecular complexity index is 503. The van der Waals surface area contributed by atoms with Crippen molar-refractivity contribution in [2.45, 2.75) is 11.8 Å². The lowest BCUT2D eigenvalue weighted by Crippen LogP contribution is -2.25. The molecule has 1 saturated heterocycles. The molecule has 1 fully saturated rings. The van der Waals surface area contributed by atoms with E-state index in [1.165, 1.54) is 11.1 Å². The van der Waals surface area contributed by atoms with Crippen LogP contribution in [0.25, 0.3) is 0 Å². The summed E-state index contributed by atoms with van der Waals surface area (Å²) in [5.41, 5.74) is 2.35. The standard InChI is InChI=1S/C17H16O/c1-14-17(12-13-18-14,15-8-4-2-5-9-15)16-10-6-3-7-11-16/h2-11H,1,12-13H2. The SMILES string of the molecule is C=C1OCCC1(c1ccccc1)c1ccccc1. The first kappa shape index (κ1) is 11.1. The smallest absolute Gasteiger partial charge is 0.104 e. The summed E-state index contributed by atoms with van der Waals surface area (Å²) in [6, 6.07) is 21.0. The topological polar surface area (TPSA) is 9.23 Å². The van der Waals surface area contributed by atoms with E-state index in [0.29, 0.717) is 0 Å². The zero-order valence-corrected chi connectivity index (χ0v) is 10.3. The number of hydrogen-bond donors (Lipinski definition) is 0. The van der Waals surface area contributed by atoms with Crippen LogP contribution in [0.2, 0.25) is 0 Å². The van der Waals surface area contributed by atoms with Gasteiger partial charge in [-0.2, -0.15) is 0 Å². The average Bonchev–Trinajstić information content (AvgIpc) is 2.84. The van der Waals surface area contributed by atoms with Crippen molar-refractivity contribution in [3.8, 4) is 0 Å². The lowest BCUT2D eigenvalue weighted by molar-refractivity contribution is 0.260. The molecule has 1 heterocycles. The molecule has 0 unspecified atom stereocenters. The highest BCUT2D eigenvalue weighted by atomic mass is 16.5. The second-order valence-corrected chi connectivity index (χ2v) is 4.66. The molecule has 90 valence electrons. The van der Waals surface area contributed by atoms with Crippen molar-refractivity contribution in [2.24, 2.45) is 0 Å². The van der Waals surface area contributed by atoms with Crippen molar-refractivity contribution in [1.82, 2.24) is 0 Å². The second-order valence-electron chi connectivity index (χ2n) is 4.66. The van der Waals surface area contributed by atoms with Gasteiger partial charge in [0.2, 0.25) is 0 Å². The van der Waals surface area contributed by atoms with Gasteiger partial charge in [-0.15, -0.1) is 0 Å². The molecule has 0 atom stereocenters. The second kappa shape index (κ2) is 4.34. The van der Waals surface area contributed by atoms with Crippen molar-refractivity contribution >= 4 is 0 Å². The highest BCUT2D eigenvalue weighted by molar-refractivity contribution is 5.47. The number of hydrogen-bond acceptors (Lipinski definition) is 1. The van der Waals surface area contributed by atoms with Gasteiger partial charge < -0.3 is 4.74 Å². The summed E-state index contributed by atoms with van der Waals surface area (Å²) in [6.07, 6.45) is 0.958. The largest absolute Gasteiger partial charge is 0.497 e. The molecule has 1 aliphatic heterocycles. The van der Waals surface area contributed by atoms with E-state index >= 15 is 0 Å². The molecule has 0 saturated carbocycles. The van der Waals surface area contributed by atoms with Gasteiger partial charge in [-0.05, 0) is 11.1 Å². The minimum Gasteiger partial charge on any atom is -0.497 e. The van der Waals surface area contributed by atoms with Gasteiger partial charge in [-0.25, -0.2) is 0 Å². The van der Waals surface area contributed by atoms with Crippen LogP contribution in [0.15, 0.2) is 73.0 Å². The molecule has 3 rings (SSSR count). The van der Waals surface area contributed by atoms with Crippen LogP contribution in [0.4, 0.5) is 0 Å². The summed E-state index contributed by atoms with van der Waals surface area (Å²) >= 11 is 0. The van der Waals surface area contributed by atoms with Gasteiger partial charge in [0, 0.05) is 6.42 Å². The Labute approximate surface area is 108 Å². The van der Waals surface area contributed by atoms with Crippen molar-refractivity contribution in [1.29, 1.82) is 0 Å². The molecule has 0 amide bonds. The zero-order valence-electron chi connectivity index (χ0n) is 10.3. The monoisotopic (exact) mass is 236 g/mol. The molecular weight excluding hydrogens is 220 g/mol. The maximum absolute atomic E-state index is 5.68. The zero-order chi connectivity index (χ0) is 12.4. The first-order valence-electron chi connectivity index (χ1n) is 6.27. The average molecular weight is 236 g/mol. The predicted octanol–water partition coefficient (Wildman–Crippen LogP) is 3.91. The van der Waals surface area contributed by atoms with Crippen LogP contribution in [0.1, 0.15) is 17.5 Å². The van der Waals surface area contributed by atoms with Crippen molar-refractivity contribution in [3.05, 3.63) is 84.1 Å². The van der Waals surface area contributed by atoms with Crippen LogP contribution in [-0.4, -0.2) is 6.61 Å². The van der Waals surface area contributed by atoms with E-state index < -0.39 is 0 Å². The Balaban J connectivity index is 2.20. The lowest BCUT2D eigenvalue weighted by Gasteiger charge is -2.29. The van der Waals surface area contributed by atoms with E-state index in [9.17, 15) is 0 Å². The van der Waals surface area contributed by atoms with E-state index in [4.69, 9.17) is 4.74 Å². The summed E-state index contributed by atoms with van der Waals surface area (Å²) in [5.74, 6) is 0.861. The minimum atomic E-state index is -0.178. The lowest BCUT2D eigenvalue weighted by atomic mass is 9.72. The summed E-state index contributed by atoms with van der Waals surface area (Å²) in [5, 5.41) is 0. The highest BCUT2D eigenvalue weighted by Gasteiger charge is 2.42. The fourth-order valence-electron chi connectivity index (χ4n) is 2.81. The Morgan fingerprint density at radius 2 is 1.33 bits per heavy atom. The number of benzene rings is 2. The van der Waals surface area contributed by atoms with Gasteiger partial charge in [-0.3, -0.25) is 0 Å². The maximum Gasteiger partial charge on any atom is 0.104 e. The first-order valence-corrected chi connectivity index (χ1v) is 6.27. The van der Waals surface area contributed by atoms with Gasteiger partial charge in [0.25, 0.3) is 0 Å². The highest BCUT2D eigenvalue weighted by Crippen LogP contribution is 2.45. The third kappa shape index (κ3) is 1.55. The minimum absolute atomic E-state index is 0.178. The molecule has 1 aliphatic rings.